The highest BCUT2D eigenvalue weighted by atomic mass is 16.5. The number of ether oxygens (including phenoxy) is 4. The second kappa shape index (κ2) is 8.48. The van der Waals surface area contributed by atoms with Gasteiger partial charge in [0.15, 0.2) is 0 Å². The van der Waals surface area contributed by atoms with Gasteiger partial charge in [0.25, 0.3) is 0 Å². The van der Waals surface area contributed by atoms with Crippen molar-refractivity contribution >= 4 is 5.97 Å². The normalized spacial score (nSPS) is 17.7. The zero-order chi connectivity index (χ0) is 24.0. The topological polar surface area (TPSA) is 94.5 Å². The molecule has 1 aliphatic carbocycles. The monoisotopic (exact) mass is 462 g/mol. The van der Waals surface area contributed by atoms with Gasteiger partial charge in [0, 0.05) is 35.7 Å². The number of fused-ring (bicyclic) bond motifs is 5. The fourth-order valence-corrected chi connectivity index (χ4v) is 5.15. The van der Waals surface area contributed by atoms with Crippen LogP contribution in [0, 0.1) is 0 Å². The second-order valence-corrected chi connectivity index (χ2v) is 8.60. The van der Waals surface area contributed by atoms with Crippen LogP contribution in [-0.4, -0.2) is 37.0 Å². The lowest BCUT2D eigenvalue weighted by Crippen LogP contribution is -2.18. The van der Waals surface area contributed by atoms with Gasteiger partial charge in [-0.05, 0) is 53.8 Å². The maximum Gasteiger partial charge on any atom is 0.302 e. The van der Waals surface area contributed by atoms with Gasteiger partial charge in [-0.1, -0.05) is 6.07 Å². The Hall–Kier alpha value is -3.87. The minimum Gasteiger partial charge on any atom is -0.508 e. The number of phenols is 2. The van der Waals surface area contributed by atoms with Gasteiger partial charge in [-0.15, -0.1) is 0 Å². The Labute approximate surface area is 197 Å². The first-order valence-electron chi connectivity index (χ1n) is 11.1. The summed E-state index contributed by atoms with van der Waals surface area (Å²) in [6.45, 7) is 1.52. The summed E-state index contributed by atoms with van der Waals surface area (Å²) in [5.41, 5.74) is 5.80. The lowest BCUT2D eigenvalue weighted by atomic mass is 9.78. The summed E-state index contributed by atoms with van der Waals surface area (Å²) in [5, 5.41) is 20.2. The zero-order valence-electron chi connectivity index (χ0n) is 19.3. The van der Waals surface area contributed by atoms with Crippen LogP contribution in [0.1, 0.15) is 41.2 Å². The fraction of sp³-hybridized carbons (Fsp3) is 0.296. The molecule has 5 rings (SSSR count). The summed E-state index contributed by atoms with van der Waals surface area (Å²) in [7, 11) is 3.16. The molecule has 0 bridgehead atoms. The molecule has 3 aromatic carbocycles. The minimum absolute atomic E-state index is 0.0634. The first-order chi connectivity index (χ1) is 16.4. The van der Waals surface area contributed by atoms with E-state index in [1.807, 2.05) is 18.2 Å². The van der Waals surface area contributed by atoms with Crippen molar-refractivity contribution in [2.24, 2.45) is 0 Å². The smallest absolute Gasteiger partial charge is 0.302 e. The van der Waals surface area contributed by atoms with Crippen LogP contribution in [0.25, 0.3) is 11.1 Å². The summed E-state index contributed by atoms with van der Waals surface area (Å²) >= 11 is 0. The summed E-state index contributed by atoms with van der Waals surface area (Å²) in [6.07, 6.45) is 0.982. The number of benzene rings is 3. The van der Waals surface area contributed by atoms with E-state index in [0.29, 0.717) is 17.2 Å². The number of aryl methyl sites for hydroxylation is 1. The Morgan fingerprint density at radius 3 is 2.59 bits per heavy atom. The van der Waals surface area contributed by atoms with E-state index in [2.05, 4.69) is 0 Å². The fourth-order valence-electron chi connectivity index (χ4n) is 5.15. The van der Waals surface area contributed by atoms with Gasteiger partial charge in [-0.25, -0.2) is 0 Å². The van der Waals surface area contributed by atoms with Crippen molar-refractivity contribution in [3.63, 3.8) is 0 Å². The Balaban J connectivity index is 1.68. The standard InChI is InChI=1S/C27H26O7/c1-14(28)33-13-22-26-21-6-4-15-8-17(29)5-7-20(15)25(21)23(32-3)12-24(26)34-27(22)16-9-18(30)11-19(10-16)31-2/h5,7-12,22,27,29-30H,4,6,13H2,1-3H3/t22-,27+/m1/s1. The Morgan fingerprint density at radius 2 is 1.85 bits per heavy atom. The molecule has 2 atom stereocenters. The largest absolute Gasteiger partial charge is 0.508 e. The van der Waals surface area contributed by atoms with Crippen LogP contribution in [0.4, 0.5) is 0 Å². The maximum absolute atomic E-state index is 11.7. The molecule has 0 saturated heterocycles. The molecule has 0 aromatic heterocycles. The van der Waals surface area contributed by atoms with E-state index in [-0.39, 0.29) is 30.0 Å². The highest BCUT2D eigenvalue weighted by Gasteiger charge is 2.41. The number of methoxy groups -OCH3 is 2. The Bertz CT molecular complexity index is 1280. The Kier molecular flexibility index (Phi) is 5.48. The number of phenolic OH excluding ortho intramolecular Hbond substituents is 2. The van der Waals surface area contributed by atoms with Crippen LogP contribution in [-0.2, 0) is 22.4 Å². The van der Waals surface area contributed by atoms with Crippen LogP contribution in [0.15, 0.2) is 42.5 Å². The lowest BCUT2D eigenvalue weighted by Gasteiger charge is -2.26. The molecule has 0 unspecified atom stereocenters. The van der Waals surface area contributed by atoms with Crippen molar-refractivity contribution in [3.8, 4) is 39.9 Å². The molecule has 0 spiro atoms. The van der Waals surface area contributed by atoms with E-state index in [9.17, 15) is 15.0 Å². The quantitative estimate of drug-likeness (QED) is 0.533. The molecule has 0 radical (unpaired) electrons. The van der Waals surface area contributed by atoms with Crippen molar-refractivity contribution in [1.82, 2.24) is 0 Å². The average Bonchev–Trinajstić information content (AvgIpc) is 3.19. The molecule has 7 heteroatoms. The van der Waals surface area contributed by atoms with Gasteiger partial charge in [0.1, 0.15) is 41.5 Å². The Morgan fingerprint density at radius 1 is 1.03 bits per heavy atom. The molecular formula is C27H26O7. The van der Waals surface area contributed by atoms with Crippen LogP contribution >= 0.6 is 0 Å². The number of rotatable bonds is 5. The molecule has 7 nitrogen and oxygen atoms in total. The zero-order valence-corrected chi connectivity index (χ0v) is 19.3. The molecule has 0 saturated carbocycles. The van der Waals surface area contributed by atoms with E-state index in [1.165, 1.54) is 20.1 Å². The SMILES string of the molecule is COc1cc(O)cc([C@@H]2Oc3cc(OC)c4c(c3[C@H]2COC(C)=O)CCc2cc(O)ccc2-4)c1. The van der Waals surface area contributed by atoms with Crippen LogP contribution in [0.3, 0.4) is 0 Å². The summed E-state index contributed by atoms with van der Waals surface area (Å²) < 4.78 is 23.0. The number of aromatic hydroxyl groups is 2. The number of hydrogen-bond donors (Lipinski definition) is 2. The van der Waals surface area contributed by atoms with E-state index in [0.717, 1.165) is 46.2 Å². The first-order valence-corrected chi connectivity index (χ1v) is 11.1. The molecule has 0 fully saturated rings. The first kappa shape index (κ1) is 21.9. The van der Waals surface area contributed by atoms with Crippen LogP contribution < -0.4 is 14.2 Å². The number of hydrogen-bond acceptors (Lipinski definition) is 7. The average molecular weight is 462 g/mol. The molecule has 1 aliphatic heterocycles. The van der Waals surface area contributed by atoms with Gasteiger partial charge < -0.3 is 29.2 Å². The van der Waals surface area contributed by atoms with Crippen molar-refractivity contribution in [3.05, 3.63) is 64.7 Å². The van der Waals surface area contributed by atoms with Crippen LogP contribution in [0.5, 0.6) is 28.7 Å². The molecule has 3 aromatic rings. The lowest BCUT2D eigenvalue weighted by molar-refractivity contribution is -0.141. The van der Waals surface area contributed by atoms with Crippen molar-refractivity contribution in [2.45, 2.75) is 31.8 Å². The molecule has 2 aliphatic rings. The summed E-state index contributed by atoms with van der Waals surface area (Å²) in [5.74, 6) is 1.49. The van der Waals surface area contributed by atoms with Crippen molar-refractivity contribution in [2.75, 3.05) is 20.8 Å². The maximum atomic E-state index is 11.7. The molecule has 0 amide bonds. The van der Waals surface area contributed by atoms with Gasteiger partial charge >= 0.3 is 5.97 Å². The highest BCUT2D eigenvalue weighted by molar-refractivity contribution is 5.82. The van der Waals surface area contributed by atoms with Crippen molar-refractivity contribution in [1.29, 1.82) is 0 Å². The molecule has 176 valence electrons. The molecule has 2 N–H and O–H groups in total. The molecular weight excluding hydrogens is 436 g/mol. The van der Waals surface area contributed by atoms with Crippen LogP contribution in [0.2, 0.25) is 0 Å². The summed E-state index contributed by atoms with van der Waals surface area (Å²) in [4.78, 5) is 11.7. The van der Waals surface area contributed by atoms with Gasteiger partial charge in [-0.2, -0.15) is 0 Å². The van der Waals surface area contributed by atoms with Crippen molar-refractivity contribution < 1.29 is 34.0 Å². The number of esters is 1. The number of carbonyl (C=O) groups excluding carboxylic acids is 1. The molecule has 1 heterocycles. The predicted octanol–water partition coefficient (Wildman–Crippen LogP) is 4.66. The van der Waals surface area contributed by atoms with Gasteiger partial charge in [-0.3, -0.25) is 4.79 Å². The van der Waals surface area contributed by atoms with E-state index >= 15 is 0 Å². The van der Waals surface area contributed by atoms with Gasteiger partial charge in [0.2, 0.25) is 0 Å². The second-order valence-electron chi connectivity index (χ2n) is 8.60. The van der Waals surface area contributed by atoms with E-state index < -0.39 is 6.10 Å². The minimum atomic E-state index is -0.493. The molecule has 34 heavy (non-hydrogen) atoms. The third kappa shape index (κ3) is 3.67. The van der Waals surface area contributed by atoms with Gasteiger partial charge in [0.05, 0.1) is 20.1 Å². The third-order valence-electron chi connectivity index (χ3n) is 6.56. The van der Waals surface area contributed by atoms with E-state index in [1.54, 1.807) is 25.3 Å². The predicted molar refractivity (Wildman–Crippen MR) is 125 cm³/mol. The number of carbonyl (C=O) groups is 1. The third-order valence-corrected chi connectivity index (χ3v) is 6.56. The van der Waals surface area contributed by atoms with E-state index in [4.69, 9.17) is 18.9 Å². The summed E-state index contributed by atoms with van der Waals surface area (Å²) in [6, 6.07) is 12.2. The highest BCUT2D eigenvalue weighted by Crippen LogP contribution is 2.55.